The summed E-state index contributed by atoms with van der Waals surface area (Å²) >= 11 is 0. The molecule has 2 amide bonds. The van der Waals surface area contributed by atoms with Crippen molar-refractivity contribution in [2.45, 2.75) is 25.7 Å². The van der Waals surface area contributed by atoms with Crippen LogP contribution in [0.1, 0.15) is 29.9 Å². The summed E-state index contributed by atoms with van der Waals surface area (Å²) in [6.07, 6.45) is 10.2. The number of hydrogen-bond acceptors (Lipinski definition) is 8. The standard InChI is InChI=1S/C29H29N9O4/c1-19-15-21(4-5-24(19)42-22-8-13-37-25(16-22)31-17-33-37)35-28-27-23(9-14-38(27)34-18-32-28)20-6-11-36(12-7-20)26(39)3-2-10-30-29(40)41/h2-5,8-9,13-18,20,30H,6-7,10-12H2,1H3,(H,40,41)(H,32,34,35)/b3-2+. The molecule has 0 spiro atoms. The highest BCUT2D eigenvalue weighted by molar-refractivity contribution is 5.87. The zero-order valence-corrected chi connectivity index (χ0v) is 22.8. The zero-order chi connectivity index (χ0) is 29.1. The molecule has 1 saturated heterocycles. The van der Waals surface area contributed by atoms with Gasteiger partial charge in [0, 0.05) is 49.9 Å². The fourth-order valence-corrected chi connectivity index (χ4v) is 5.19. The molecule has 1 aliphatic rings. The third kappa shape index (κ3) is 5.70. The van der Waals surface area contributed by atoms with Crippen LogP contribution in [0.5, 0.6) is 11.5 Å². The summed E-state index contributed by atoms with van der Waals surface area (Å²) in [5.41, 5.74) is 4.56. The molecule has 13 heteroatoms. The highest BCUT2D eigenvalue weighted by Gasteiger charge is 2.26. The van der Waals surface area contributed by atoms with Crippen LogP contribution in [0.2, 0.25) is 0 Å². The SMILES string of the molecule is Cc1cc(Nc2ncnn3ccc(C4CCN(C(=O)/C=C/CNC(=O)O)CC4)c23)ccc1Oc1ccn2ncnc2c1. The quantitative estimate of drug-likeness (QED) is 0.235. The van der Waals surface area contributed by atoms with Gasteiger partial charge in [-0.3, -0.25) is 4.79 Å². The Balaban J connectivity index is 1.14. The van der Waals surface area contributed by atoms with Crippen molar-refractivity contribution in [1.29, 1.82) is 0 Å². The fraction of sp³-hybridized carbons (Fsp3) is 0.241. The highest BCUT2D eigenvalue weighted by Crippen LogP contribution is 2.35. The van der Waals surface area contributed by atoms with Gasteiger partial charge in [0.15, 0.2) is 11.5 Å². The Bertz CT molecular complexity index is 1790. The monoisotopic (exact) mass is 567 g/mol. The third-order valence-electron chi connectivity index (χ3n) is 7.28. The topological polar surface area (TPSA) is 151 Å². The number of likely N-dealkylation sites (tertiary alicyclic amines) is 1. The van der Waals surface area contributed by atoms with Gasteiger partial charge in [-0.25, -0.2) is 23.8 Å². The number of hydrogen-bond donors (Lipinski definition) is 3. The molecule has 1 fully saturated rings. The van der Waals surface area contributed by atoms with Gasteiger partial charge in [-0.2, -0.15) is 10.2 Å². The first-order chi connectivity index (χ1) is 20.4. The number of aryl methyl sites for hydroxylation is 1. The lowest BCUT2D eigenvalue weighted by molar-refractivity contribution is -0.127. The van der Waals surface area contributed by atoms with Crippen LogP contribution in [-0.2, 0) is 4.79 Å². The van der Waals surface area contributed by atoms with Gasteiger partial charge in [0.2, 0.25) is 5.91 Å². The molecule has 3 N–H and O–H groups in total. The largest absolute Gasteiger partial charge is 0.465 e. The number of anilines is 2. The van der Waals surface area contributed by atoms with Crippen LogP contribution in [0.4, 0.5) is 16.3 Å². The fourth-order valence-electron chi connectivity index (χ4n) is 5.19. The maximum absolute atomic E-state index is 12.5. The second-order valence-corrected chi connectivity index (χ2v) is 9.99. The van der Waals surface area contributed by atoms with Crippen LogP contribution < -0.4 is 15.4 Å². The minimum Gasteiger partial charge on any atom is -0.465 e. The second-order valence-electron chi connectivity index (χ2n) is 9.99. The van der Waals surface area contributed by atoms with E-state index in [2.05, 4.69) is 36.9 Å². The molecule has 1 aliphatic heterocycles. The lowest BCUT2D eigenvalue weighted by atomic mass is 9.90. The molecule has 5 heterocycles. The number of amides is 2. The molecule has 42 heavy (non-hydrogen) atoms. The van der Waals surface area contributed by atoms with Gasteiger partial charge in [0.1, 0.15) is 29.7 Å². The number of nitrogens with one attached hydrogen (secondary N) is 2. The molecule has 214 valence electrons. The van der Waals surface area contributed by atoms with Crippen molar-refractivity contribution in [2.24, 2.45) is 0 Å². The third-order valence-corrected chi connectivity index (χ3v) is 7.28. The van der Waals surface area contributed by atoms with E-state index in [4.69, 9.17) is 9.84 Å². The number of rotatable bonds is 8. The number of carbonyl (C=O) groups excluding carboxylic acids is 1. The molecule has 0 unspecified atom stereocenters. The summed E-state index contributed by atoms with van der Waals surface area (Å²) in [6.45, 7) is 3.30. The van der Waals surface area contributed by atoms with E-state index in [1.54, 1.807) is 15.6 Å². The van der Waals surface area contributed by atoms with Crippen molar-refractivity contribution in [2.75, 3.05) is 25.0 Å². The number of pyridine rings is 1. The zero-order valence-electron chi connectivity index (χ0n) is 22.8. The van der Waals surface area contributed by atoms with E-state index >= 15 is 0 Å². The van der Waals surface area contributed by atoms with Crippen LogP contribution >= 0.6 is 0 Å². The lowest BCUT2D eigenvalue weighted by Gasteiger charge is -2.31. The summed E-state index contributed by atoms with van der Waals surface area (Å²) < 4.78 is 9.61. The molecule has 13 nitrogen and oxygen atoms in total. The van der Waals surface area contributed by atoms with Gasteiger partial charge >= 0.3 is 6.09 Å². The molecule has 0 radical (unpaired) electrons. The van der Waals surface area contributed by atoms with Crippen LogP contribution in [0.25, 0.3) is 11.2 Å². The summed E-state index contributed by atoms with van der Waals surface area (Å²) in [7, 11) is 0. The van der Waals surface area contributed by atoms with Crippen molar-refractivity contribution in [3.63, 3.8) is 0 Å². The van der Waals surface area contributed by atoms with E-state index in [9.17, 15) is 9.59 Å². The maximum atomic E-state index is 12.5. The Hall–Kier alpha value is -5.46. The molecule has 0 atom stereocenters. The first kappa shape index (κ1) is 26.7. The molecule has 1 aromatic carbocycles. The number of piperidine rings is 1. The average molecular weight is 568 g/mol. The van der Waals surface area contributed by atoms with E-state index in [0.29, 0.717) is 30.3 Å². The van der Waals surface area contributed by atoms with E-state index in [0.717, 1.165) is 40.9 Å². The van der Waals surface area contributed by atoms with Crippen LogP contribution in [-0.4, -0.2) is 70.8 Å². The van der Waals surface area contributed by atoms with E-state index in [1.807, 2.05) is 48.0 Å². The van der Waals surface area contributed by atoms with Crippen molar-refractivity contribution < 1.29 is 19.4 Å². The van der Waals surface area contributed by atoms with Gasteiger partial charge in [0.25, 0.3) is 0 Å². The maximum Gasteiger partial charge on any atom is 0.404 e. The van der Waals surface area contributed by atoms with Crippen LogP contribution in [0.3, 0.4) is 0 Å². The predicted molar refractivity (Wildman–Crippen MR) is 154 cm³/mol. The van der Waals surface area contributed by atoms with E-state index < -0.39 is 6.09 Å². The summed E-state index contributed by atoms with van der Waals surface area (Å²) in [5, 5.41) is 22.8. The molecule has 4 aromatic heterocycles. The predicted octanol–water partition coefficient (Wildman–Crippen LogP) is 4.15. The van der Waals surface area contributed by atoms with Gasteiger partial charge in [-0.15, -0.1) is 0 Å². The van der Waals surface area contributed by atoms with Crippen molar-refractivity contribution in [3.05, 3.63) is 84.7 Å². The number of ether oxygens (including phenoxy) is 1. The number of fused-ring (bicyclic) bond motifs is 2. The molecule has 0 aliphatic carbocycles. The average Bonchev–Trinajstić information content (AvgIpc) is 3.64. The minimum atomic E-state index is -1.12. The summed E-state index contributed by atoms with van der Waals surface area (Å²) in [5.74, 6) is 2.23. The van der Waals surface area contributed by atoms with Crippen LogP contribution in [0.15, 0.2) is 73.6 Å². The Morgan fingerprint density at radius 1 is 1.05 bits per heavy atom. The number of aromatic nitrogens is 6. The minimum absolute atomic E-state index is 0.0968. The van der Waals surface area contributed by atoms with Crippen molar-refractivity contribution >= 4 is 34.7 Å². The molecule has 5 aromatic rings. The van der Waals surface area contributed by atoms with E-state index in [1.165, 1.54) is 24.8 Å². The lowest BCUT2D eigenvalue weighted by Crippen LogP contribution is -2.37. The Labute approximate surface area is 240 Å². The number of benzene rings is 1. The summed E-state index contributed by atoms with van der Waals surface area (Å²) in [4.78, 5) is 33.6. The summed E-state index contributed by atoms with van der Waals surface area (Å²) in [6, 6.07) is 11.6. The Morgan fingerprint density at radius 2 is 1.83 bits per heavy atom. The van der Waals surface area contributed by atoms with E-state index in [-0.39, 0.29) is 18.4 Å². The highest BCUT2D eigenvalue weighted by atomic mass is 16.5. The molecule has 0 bridgehead atoms. The first-order valence-electron chi connectivity index (χ1n) is 13.5. The molecule has 6 rings (SSSR count). The normalized spacial score (nSPS) is 14.1. The molecular formula is C29H29N9O4. The van der Waals surface area contributed by atoms with Gasteiger partial charge in [0.05, 0.1) is 0 Å². The smallest absolute Gasteiger partial charge is 0.404 e. The number of nitrogens with zero attached hydrogens (tertiary/aromatic N) is 7. The van der Waals surface area contributed by atoms with Gasteiger partial charge in [-0.05, 0) is 67.1 Å². The molecular weight excluding hydrogens is 538 g/mol. The Morgan fingerprint density at radius 3 is 2.64 bits per heavy atom. The Kier molecular flexibility index (Phi) is 7.37. The first-order valence-corrected chi connectivity index (χ1v) is 13.5. The second kappa shape index (κ2) is 11.6. The molecule has 0 saturated carbocycles. The number of carboxylic acid groups (broad SMARTS) is 1. The van der Waals surface area contributed by atoms with Gasteiger partial charge < -0.3 is 25.4 Å². The van der Waals surface area contributed by atoms with Crippen LogP contribution in [0, 0.1) is 6.92 Å². The van der Waals surface area contributed by atoms with Gasteiger partial charge in [-0.1, -0.05) is 6.08 Å². The number of carbonyl (C=O) groups is 2. The van der Waals surface area contributed by atoms with Crippen molar-refractivity contribution in [1.82, 2.24) is 39.4 Å². The van der Waals surface area contributed by atoms with Crippen molar-refractivity contribution in [3.8, 4) is 11.5 Å².